The molecule has 0 heterocycles. The summed E-state index contributed by atoms with van der Waals surface area (Å²) in [6.07, 6.45) is 12.1. The van der Waals surface area contributed by atoms with Gasteiger partial charge in [-0.3, -0.25) is 4.79 Å². The molecule has 102 valence electrons. The summed E-state index contributed by atoms with van der Waals surface area (Å²) >= 11 is 0. The summed E-state index contributed by atoms with van der Waals surface area (Å²) < 4.78 is 0. The lowest BCUT2D eigenvalue weighted by Gasteiger charge is -2.42. The van der Waals surface area contributed by atoms with E-state index in [2.05, 4.69) is 4.90 Å². The molecule has 0 aromatic rings. The standard InChI is InChI=1S/C15H26N2O/c16-15(9-4-10-15)14(18)17(13-7-8-13)11-12-5-2-1-3-6-12/h12-13H,1-11,16H2. The van der Waals surface area contributed by atoms with Crippen LogP contribution in [-0.2, 0) is 4.79 Å². The number of carbonyl (C=O) groups excluding carboxylic acids is 1. The summed E-state index contributed by atoms with van der Waals surface area (Å²) in [5.41, 5.74) is 5.74. The molecule has 3 heteroatoms. The van der Waals surface area contributed by atoms with Crippen molar-refractivity contribution in [3.05, 3.63) is 0 Å². The Kier molecular flexibility index (Phi) is 3.35. The van der Waals surface area contributed by atoms with Crippen LogP contribution in [0.4, 0.5) is 0 Å². The molecule has 0 saturated heterocycles. The molecule has 3 nitrogen and oxygen atoms in total. The maximum absolute atomic E-state index is 12.6. The lowest BCUT2D eigenvalue weighted by Crippen LogP contribution is -2.60. The zero-order valence-electron chi connectivity index (χ0n) is 11.4. The third-order valence-corrected chi connectivity index (χ3v) is 5.10. The first-order valence-electron chi connectivity index (χ1n) is 7.79. The molecule has 0 aromatic carbocycles. The zero-order chi connectivity index (χ0) is 12.6. The molecule has 3 aliphatic rings. The van der Waals surface area contributed by atoms with Crippen LogP contribution < -0.4 is 5.73 Å². The summed E-state index contributed by atoms with van der Waals surface area (Å²) in [7, 11) is 0. The quantitative estimate of drug-likeness (QED) is 0.833. The molecule has 3 rings (SSSR count). The summed E-state index contributed by atoms with van der Waals surface area (Å²) in [4.78, 5) is 14.8. The molecule has 0 aliphatic heterocycles. The minimum atomic E-state index is -0.489. The monoisotopic (exact) mass is 250 g/mol. The zero-order valence-corrected chi connectivity index (χ0v) is 11.4. The molecule has 0 unspecified atom stereocenters. The molecular weight excluding hydrogens is 224 g/mol. The van der Waals surface area contributed by atoms with Gasteiger partial charge in [-0.25, -0.2) is 0 Å². The second-order valence-corrected chi connectivity index (χ2v) is 6.70. The lowest BCUT2D eigenvalue weighted by atomic mass is 9.76. The molecular formula is C15H26N2O. The van der Waals surface area contributed by atoms with Crippen LogP contribution >= 0.6 is 0 Å². The number of carbonyl (C=O) groups is 1. The summed E-state index contributed by atoms with van der Waals surface area (Å²) in [5.74, 6) is 1.01. The second kappa shape index (κ2) is 4.84. The highest BCUT2D eigenvalue weighted by molar-refractivity contribution is 5.87. The first-order chi connectivity index (χ1) is 8.69. The topological polar surface area (TPSA) is 46.3 Å². The predicted octanol–water partition coefficient (Wildman–Crippen LogP) is 2.44. The molecule has 0 spiro atoms. The molecule has 0 radical (unpaired) electrons. The van der Waals surface area contributed by atoms with Crippen LogP contribution in [0, 0.1) is 5.92 Å². The minimum absolute atomic E-state index is 0.266. The van der Waals surface area contributed by atoms with Crippen molar-refractivity contribution >= 4 is 5.91 Å². The van der Waals surface area contributed by atoms with E-state index >= 15 is 0 Å². The molecule has 0 aromatic heterocycles. The summed E-state index contributed by atoms with van der Waals surface area (Å²) in [6, 6.07) is 0.528. The molecule has 0 atom stereocenters. The number of amides is 1. The highest BCUT2D eigenvalue weighted by Gasteiger charge is 2.46. The van der Waals surface area contributed by atoms with Crippen LogP contribution in [-0.4, -0.2) is 28.9 Å². The van der Waals surface area contributed by atoms with Crippen molar-refractivity contribution in [2.75, 3.05) is 6.54 Å². The van der Waals surface area contributed by atoms with E-state index in [0.717, 1.165) is 31.7 Å². The molecule has 18 heavy (non-hydrogen) atoms. The van der Waals surface area contributed by atoms with Gasteiger partial charge in [0, 0.05) is 12.6 Å². The Hall–Kier alpha value is -0.570. The Labute approximate surface area is 110 Å². The Morgan fingerprint density at radius 2 is 1.72 bits per heavy atom. The first kappa shape index (κ1) is 12.5. The van der Waals surface area contributed by atoms with Crippen molar-refractivity contribution in [1.82, 2.24) is 4.90 Å². The van der Waals surface area contributed by atoms with E-state index in [4.69, 9.17) is 5.73 Å². The van der Waals surface area contributed by atoms with Gasteiger partial charge in [-0.05, 0) is 50.9 Å². The smallest absolute Gasteiger partial charge is 0.242 e. The van der Waals surface area contributed by atoms with Crippen molar-refractivity contribution in [1.29, 1.82) is 0 Å². The van der Waals surface area contributed by atoms with Gasteiger partial charge >= 0.3 is 0 Å². The fourth-order valence-corrected chi connectivity index (χ4v) is 3.49. The van der Waals surface area contributed by atoms with Crippen molar-refractivity contribution in [3.8, 4) is 0 Å². The van der Waals surface area contributed by atoms with Crippen LogP contribution in [0.2, 0.25) is 0 Å². The van der Waals surface area contributed by atoms with Crippen LogP contribution in [0.1, 0.15) is 64.2 Å². The Morgan fingerprint density at radius 1 is 1.06 bits per heavy atom. The van der Waals surface area contributed by atoms with Crippen molar-refractivity contribution < 1.29 is 4.79 Å². The van der Waals surface area contributed by atoms with E-state index in [9.17, 15) is 4.79 Å². The molecule has 0 bridgehead atoms. The van der Waals surface area contributed by atoms with Crippen LogP contribution in [0.25, 0.3) is 0 Å². The van der Waals surface area contributed by atoms with Gasteiger partial charge in [-0.15, -0.1) is 0 Å². The highest BCUT2D eigenvalue weighted by Crippen LogP contribution is 2.37. The number of nitrogens with zero attached hydrogens (tertiary/aromatic N) is 1. The fourth-order valence-electron chi connectivity index (χ4n) is 3.49. The van der Waals surface area contributed by atoms with E-state index in [1.54, 1.807) is 0 Å². The van der Waals surface area contributed by atoms with E-state index in [0.29, 0.717) is 6.04 Å². The average Bonchev–Trinajstić information content (AvgIpc) is 3.18. The van der Waals surface area contributed by atoms with E-state index in [-0.39, 0.29) is 5.91 Å². The molecule has 3 fully saturated rings. The van der Waals surface area contributed by atoms with Crippen molar-refractivity contribution in [2.45, 2.75) is 75.8 Å². The highest BCUT2D eigenvalue weighted by atomic mass is 16.2. The lowest BCUT2D eigenvalue weighted by molar-refractivity contribution is -0.141. The third kappa shape index (κ3) is 2.42. The normalized spacial score (nSPS) is 27.6. The SMILES string of the molecule is NC1(C(=O)N(CC2CCCCC2)C2CC2)CCC1. The maximum Gasteiger partial charge on any atom is 0.242 e. The molecule has 3 aliphatic carbocycles. The Morgan fingerprint density at radius 3 is 2.22 bits per heavy atom. The number of rotatable bonds is 4. The van der Waals surface area contributed by atoms with Crippen molar-refractivity contribution in [3.63, 3.8) is 0 Å². The van der Waals surface area contributed by atoms with E-state index in [1.807, 2.05) is 0 Å². The van der Waals surface area contributed by atoms with Crippen LogP contribution in [0.15, 0.2) is 0 Å². The fraction of sp³-hybridized carbons (Fsp3) is 0.933. The Bertz CT molecular complexity index is 314. The largest absolute Gasteiger partial charge is 0.338 e. The maximum atomic E-state index is 12.6. The van der Waals surface area contributed by atoms with Crippen LogP contribution in [0.3, 0.4) is 0 Å². The van der Waals surface area contributed by atoms with Gasteiger partial charge in [0.05, 0.1) is 5.54 Å². The molecule has 3 saturated carbocycles. The van der Waals surface area contributed by atoms with Gasteiger partial charge in [0.2, 0.25) is 5.91 Å². The Balaban J connectivity index is 1.62. The number of nitrogens with two attached hydrogens (primary N) is 1. The second-order valence-electron chi connectivity index (χ2n) is 6.70. The van der Waals surface area contributed by atoms with Gasteiger partial charge in [-0.2, -0.15) is 0 Å². The van der Waals surface area contributed by atoms with Gasteiger partial charge < -0.3 is 10.6 Å². The van der Waals surface area contributed by atoms with Gasteiger partial charge in [-0.1, -0.05) is 19.3 Å². The molecule has 1 amide bonds. The van der Waals surface area contributed by atoms with E-state index in [1.165, 1.54) is 44.9 Å². The molecule has 2 N–H and O–H groups in total. The third-order valence-electron chi connectivity index (χ3n) is 5.10. The number of hydrogen-bond donors (Lipinski definition) is 1. The number of hydrogen-bond acceptors (Lipinski definition) is 2. The average molecular weight is 250 g/mol. The predicted molar refractivity (Wildman–Crippen MR) is 72.1 cm³/mol. The summed E-state index contributed by atoms with van der Waals surface area (Å²) in [5, 5.41) is 0. The van der Waals surface area contributed by atoms with Crippen molar-refractivity contribution in [2.24, 2.45) is 11.7 Å². The first-order valence-corrected chi connectivity index (χ1v) is 7.79. The minimum Gasteiger partial charge on any atom is -0.338 e. The van der Waals surface area contributed by atoms with E-state index < -0.39 is 5.54 Å². The van der Waals surface area contributed by atoms with Gasteiger partial charge in [0.25, 0.3) is 0 Å². The van der Waals surface area contributed by atoms with Crippen LogP contribution in [0.5, 0.6) is 0 Å². The van der Waals surface area contributed by atoms with Gasteiger partial charge in [0.1, 0.15) is 0 Å². The van der Waals surface area contributed by atoms with Gasteiger partial charge in [0.15, 0.2) is 0 Å². The summed E-state index contributed by atoms with van der Waals surface area (Å²) in [6.45, 7) is 0.989.